The summed E-state index contributed by atoms with van der Waals surface area (Å²) in [5.41, 5.74) is 2.00. The van der Waals surface area contributed by atoms with Crippen LogP contribution in [0.5, 0.6) is 0 Å². The molecular weight excluding hydrogens is 425 g/mol. The average Bonchev–Trinajstić information content (AvgIpc) is 3.22. The summed E-state index contributed by atoms with van der Waals surface area (Å²) in [5, 5.41) is 2.78. The Balaban J connectivity index is 0.000000374. The number of ether oxygens (including phenoxy) is 2. The van der Waals surface area contributed by atoms with Gasteiger partial charge in [0.05, 0.1) is 13.2 Å². The third kappa shape index (κ3) is 7.88. The molecule has 1 aliphatic carbocycles. The number of hydrogen-bond donors (Lipinski definition) is 1. The van der Waals surface area contributed by atoms with Gasteiger partial charge in [0.15, 0.2) is 6.10 Å². The Labute approximate surface area is 196 Å². The van der Waals surface area contributed by atoms with Crippen LogP contribution in [-0.2, 0) is 20.7 Å². The van der Waals surface area contributed by atoms with E-state index in [0.717, 1.165) is 30.1 Å². The van der Waals surface area contributed by atoms with Gasteiger partial charge in [0.25, 0.3) is 5.91 Å². The smallest absolute Gasteiger partial charge is 0.410 e. The Morgan fingerprint density at radius 3 is 2.58 bits per heavy atom. The summed E-state index contributed by atoms with van der Waals surface area (Å²) in [6.07, 6.45) is 6.89. The number of nitrogens with one attached hydrogen (secondary N) is 1. The topological polar surface area (TPSA) is 71.1 Å². The standard InChI is InChI=1S/C18H24FN3O4.C7H14/c1-13(26-18(24)22-8-10-25-11-9-22)17(23)20-5-7-21-6-4-14-12-15(19)2-3-16(14)21;1-7-5-3-2-4-6-7/h2-3,12-13H,4-11H2,1H3,(H,20,23);7H,2-6H2,1H3/t13-;/m0./s1. The molecule has 0 unspecified atom stereocenters. The molecule has 33 heavy (non-hydrogen) atoms. The number of amides is 2. The Bertz CT molecular complexity index is 779. The summed E-state index contributed by atoms with van der Waals surface area (Å²) in [6.45, 7) is 7.68. The van der Waals surface area contributed by atoms with E-state index in [1.165, 1.54) is 43.1 Å². The van der Waals surface area contributed by atoms with E-state index in [4.69, 9.17) is 9.47 Å². The van der Waals surface area contributed by atoms with Crippen molar-refractivity contribution in [2.45, 2.75) is 58.5 Å². The zero-order valence-electron chi connectivity index (χ0n) is 20.0. The van der Waals surface area contributed by atoms with E-state index >= 15 is 0 Å². The fourth-order valence-corrected chi connectivity index (χ4v) is 4.46. The first-order valence-corrected chi connectivity index (χ1v) is 12.3. The zero-order chi connectivity index (χ0) is 23.6. The monoisotopic (exact) mass is 463 g/mol. The largest absolute Gasteiger partial charge is 0.436 e. The number of morpholine rings is 1. The van der Waals surface area contributed by atoms with Gasteiger partial charge in [-0.25, -0.2) is 9.18 Å². The van der Waals surface area contributed by atoms with Crippen molar-refractivity contribution in [3.63, 3.8) is 0 Å². The lowest BCUT2D eigenvalue weighted by Crippen LogP contribution is -2.45. The van der Waals surface area contributed by atoms with Crippen molar-refractivity contribution in [3.05, 3.63) is 29.6 Å². The van der Waals surface area contributed by atoms with E-state index in [2.05, 4.69) is 17.1 Å². The van der Waals surface area contributed by atoms with Crippen LogP contribution in [0, 0.1) is 11.7 Å². The first-order valence-electron chi connectivity index (χ1n) is 12.3. The Morgan fingerprint density at radius 2 is 1.91 bits per heavy atom. The normalized spacial score (nSPS) is 19.2. The Morgan fingerprint density at radius 1 is 1.18 bits per heavy atom. The Kier molecular flexibility index (Phi) is 9.78. The molecule has 2 aliphatic heterocycles. The second-order valence-electron chi connectivity index (χ2n) is 9.17. The van der Waals surface area contributed by atoms with Crippen molar-refractivity contribution in [1.29, 1.82) is 0 Å². The molecule has 8 heteroatoms. The van der Waals surface area contributed by atoms with Gasteiger partial charge in [0.2, 0.25) is 0 Å². The first kappa shape index (κ1) is 25.3. The van der Waals surface area contributed by atoms with Crippen LogP contribution in [0.1, 0.15) is 51.5 Å². The van der Waals surface area contributed by atoms with Gasteiger partial charge >= 0.3 is 6.09 Å². The quantitative estimate of drug-likeness (QED) is 0.720. The number of halogens is 1. The average molecular weight is 464 g/mol. The van der Waals surface area contributed by atoms with Gasteiger partial charge < -0.3 is 24.6 Å². The summed E-state index contributed by atoms with van der Waals surface area (Å²) in [6, 6.07) is 4.77. The fraction of sp³-hybridized carbons (Fsp3) is 0.680. The van der Waals surface area contributed by atoms with Crippen LogP contribution >= 0.6 is 0 Å². The molecule has 0 bridgehead atoms. The van der Waals surface area contributed by atoms with Gasteiger partial charge in [-0.3, -0.25) is 4.79 Å². The highest BCUT2D eigenvalue weighted by atomic mass is 19.1. The molecule has 7 nitrogen and oxygen atoms in total. The number of carbonyl (C=O) groups is 2. The van der Waals surface area contributed by atoms with E-state index in [1.807, 2.05) is 0 Å². The van der Waals surface area contributed by atoms with Gasteiger partial charge in [0, 0.05) is 38.4 Å². The summed E-state index contributed by atoms with van der Waals surface area (Å²) in [5.74, 6) is 0.480. The van der Waals surface area contributed by atoms with Crippen molar-refractivity contribution in [1.82, 2.24) is 10.2 Å². The van der Waals surface area contributed by atoms with E-state index in [1.54, 1.807) is 19.1 Å². The second kappa shape index (κ2) is 12.8. The maximum absolute atomic E-state index is 13.2. The van der Waals surface area contributed by atoms with Crippen LogP contribution < -0.4 is 10.2 Å². The summed E-state index contributed by atoms with van der Waals surface area (Å²) >= 11 is 0. The lowest BCUT2D eigenvalue weighted by Gasteiger charge is -2.27. The third-order valence-corrected chi connectivity index (χ3v) is 6.52. The number of benzene rings is 1. The molecule has 2 heterocycles. The minimum absolute atomic E-state index is 0.227. The van der Waals surface area contributed by atoms with Gasteiger partial charge in [-0.15, -0.1) is 0 Å². The lowest BCUT2D eigenvalue weighted by atomic mass is 9.91. The van der Waals surface area contributed by atoms with Crippen molar-refractivity contribution < 1.29 is 23.5 Å². The zero-order valence-corrected chi connectivity index (χ0v) is 20.0. The number of nitrogens with zero attached hydrogens (tertiary/aromatic N) is 2. The molecule has 1 atom stereocenters. The van der Waals surface area contributed by atoms with Gasteiger partial charge in [0.1, 0.15) is 5.82 Å². The van der Waals surface area contributed by atoms with Crippen molar-refractivity contribution in [2.75, 3.05) is 50.8 Å². The van der Waals surface area contributed by atoms with Gasteiger partial charge in [-0.1, -0.05) is 39.0 Å². The summed E-state index contributed by atoms with van der Waals surface area (Å²) < 4.78 is 23.6. The molecule has 1 N–H and O–H groups in total. The molecule has 0 spiro atoms. The molecule has 1 aromatic rings. The molecule has 1 aromatic carbocycles. The second-order valence-corrected chi connectivity index (χ2v) is 9.17. The molecule has 0 aromatic heterocycles. The predicted octanol–water partition coefficient (Wildman–Crippen LogP) is 3.75. The maximum Gasteiger partial charge on any atom is 0.410 e. The SMILES string of the molecule is CC1CCCCC1.C[C@H](OC(=O)N1CCOCC1)C(=O)NCCN1CCc2cc(F)ccc21. The predicted molar refractivity (Wildman–Crippen MR) is 126 cm³/mol. The van der Waals surface area contributed by atoms with Crippen LogP contribution in [-0.4, -0.2) is 68.9 Å². The molecule has 4 rings (SSSR count). The van der Waals surface area contributed by atoms with E-state index in [9.17, 15) is 14.0 Å². The number of anilines is 1. The first-order chi connectivity index (χ1) is 15.9. The van der Waals surface area contributed by atoms with Crippen molar-refractivity contribution >= 4 is 17.7 Å². The van der Waals surface area contributed by atoms with Crippen LogP contribution in [0.25, 0.3) is 0 Å². The molecule has 184 valence electrons. The minimum atomic E-state index is -0.856. The minimum Gasteiger partial charge on any atom is -0.436 e. The van der Waals surface area contributed by atoms with Crippen molar-refractivity contribution in [3.8, 4) is 0 Å². The fourth-order valence-electron chi connectivity index (χ4n) is 4.46. The molecular formula is C25H38FN3O4. The molecule has 1 saturated heterocycles. The molecule has 2 fully saturated rings. The van der Waals surface area contributed by atoms with E-state index in [-0.39, 0.29) is 11.7 Å². The third-order valence-electron chi connectivity index (χ3n) is 6.52. The van der Waals surface area contributed by atoms with Crippen LogP contribution in [0.2, 0.25) is 0 Å². The molecule has 3 aliphatic rings. The number of hydrogen-bond acceptors (Lipinski definition) is 5. The number of carbonyl (C=O) groups excluding carboxylic acids is 2. The van der Waals surface area contributed by atoms with E-state index < -0.39 is 12.2 Å². The van der Waals surface area contributed by atoms with Gasteiger partial charge in [-0.2, -0.15) is 0 Å². The van der Waals surface area contributed by atoms with Crippen LogP contribution in [0.3, 0.4) is 0 Å². The highest BCUT2D eigenvalue weighted by Gasteiger charge is 2.24. The van der Waals surface area contributed by atoms with Crippen LogP contribution in [0.4, 0.5) is 14.9 Å². The number of rotatable bonds is 5. The number of fused-ring (bicyclic) bond motifs is 1. The Hall–Kier alpha value is -2.35. The van der Waals surface area contributed by atoms with E-state index in [0.29, 0.717) is 39.4 Å². The maximum atomic E-state index is 13.2. The molecule has 0 radical (unpaired) electrons. The van der Waals surface area contributed by atoms with Crippen molar-refractivity contribution in [2.24, 2.45) is 5.92 Å². The van der Waals surface area contributed by atoms with Gasteiger partial charge in [-0.05, 0) is 43.0 Å². The summed E-state index contributed by atoms with van der Waals surface area (Å²) in [7, 11) is 0. The van der Waals surface area contributed by atoms with Crippen LogP contribution in [0.15, 0.2) is 18.2 Å². The molecule has 2 amide bonds. The lowest BCUT2D eigenvalue weighted by molar-refractivity contribution is -0.129. The summed E-state index contributed by atoms with van der Waals surface area (Å²) in [4.78, 5) is 27.8. The highest BCUT2D eigenvalue weighted by Crippen LogP contribution is 2.27. The molecule has 1 saturated carbocycles. The highest BCUT2D eigenvalue weighted by molar-refractivity contribution is 5.83.